The number of nitrogens with one attached hydrogen (secondary N) is 1. The second kappa shape index (κ2) is 6.14. The molecule has 106 valence electrons. The molecule has 1 aromatic carbocycles. The molecule has 0 fully saturated rings. The molecule has 5 nitrogen and oxygen atoms in total. The van der Waals surface area contributed by atoms with Crippen molar-refractivity contribution >= 4 is 5.82 Å². The van der Waals surface area contributed by atoms with E-state index in [1.807, 2.05) is 24.3 Å². The van der Waals surface area contributed by atoms with Gasteiger partial charge in [-0.3, -0.25) is 0 Å². The first kappa shape index (κ1) is 13.3. The SMILES string of the molecule is N#Cc1ccc(NCc2cccc3c2OCCCO3)nc1. The Bertz CT molecular complexity index is 662. The lowest BCUT2D eigenvalue weighted by atomic mass is 10.2. The lowest BCUT2D eigenvalue weighted by Gasteiger charge is -2.13. The van der Waals surface area contributed by atoms with Crippen LogP contribution in [-0.4, -0.2) is 18.2 Å². The summed E-state index contributed by atoms with van der Waals surface area (Å²) in [6, 6.07) is 11.5. The van der Waals surface area contributed by atoms with Gasteiger partial charge in [-0.2, -0.15) is 5.26 Å². The molecule has 2 aromatic rings. The number of pyridine rings is 1. The van der Waals surface area contributed by atoms with Crippen LogP contribution in [0.25, 0.3) is 0 Å². The van der Waals surface area contributed by atoms with Crippen molar-refractivity contribution in [3.05, 3.63) is 47.7 Å². The van der Waals surface area contributed by atoms with Crippen molar-refractivity contribution in [3.8, 4) is 17.6 Å². The van der Waals surface area contributed by atoms with Crippen LogP contribution in [0.2, 0.25) is 0 Å². The number of hydrogen-bond acceptors (Lipinski definition) is 5. The maximum Gasteiger partial charge on any atom is 0.166 e. The van der Waals surface area contributed by atoms with Gasteiger partial charge in [-0.1, -0.05) is 12.1 Å². The van der Waals surface area contributed by atoms with Crippen LogP contribution in [0, 0.1) is 11.3 Å². The Kier molecular flexibility index (Phi) is 3.88. The van der Waals surface area contributed by atoms with Crippen molar-refractivity contribution in [1.82, 2.24) is 4.98 Å². The quantitative estimate of drug-likeness (QED) is 0.937. The maximum atomic E-state index is 8.75. The molecule has 0 radical (unpaired) electrons. The number of rotatable bonds is 3. The number of anilines is 1. The zero-order valence-corrected chi connectivity index (χ0v) is 11.5. The molecule has 21 heavy (non-hydrogen) atoms. The van der Waals surface area contributed by atoms with Gasteiger partial charge < -0.3 is 14.8 Å². The predicted molar refractivity (Wildman–Crippen MR) is 78.3 cm³/mol. The fourth-order valence-electron chi connectivity index (χ4n) is 2.14. The van der Waals surface area contributed by atoms with Gasteiger partial charge in [-0.05, 0) is 18.2 Å². The second-order valence-electron chi connectivity index (χ2n) is 4.69. The van der Waals surface area contributed by atoms with Crippen LogP contribution in [0.3, 0.4) is 0 Å². The molecule has 0 amide bonds. The molecule has 0 aliphatic carbocycles. The van der Waals surface area contributed by atoms with Gasteiger partial charge in [-0.15, -0.1) is 0 Å². The summed E-state index contributed by atoms with van der Waals surface area (Å²) in [6.45, 7) is 1.94. The van der Waals surface area contributed by atoms with Crippen molar-refractivity contribution < 1.29 is 9.47 Å². The fraction of sp³-hybridized carbons (Fsp3) is 0.250. The van der Waals surface area contributed by atoms with E-state index in [9.17, 15) is 0 Å². The second-order valence-corrected chi connectivity index (χ2v) is 4.69. The van der Waals surface area contributed by atoms with Gasteiger partial charge in [0.1, 0.15) is 11.9 Å². The Hall–Kier alpha value is -2.74. The van der Waals surface area contributed by atoms with Crippen LogP contribution in [-0.2, 0) is 6.54 Å². The molecule has 0 saturated heterocycles. The number of fused-ring (bicyclic) bond motifs is 1. The smallest absolute Gasteiger partial charge is 0.166 e. The standard InChI is InChI=1S/C16H15N3O2/c17-9-12-5-6-15(18-10-12)19-11-13-3-1-4-14-16(13)21-8-2-7-20-14/h1,3-6,10H,2,7-8,11H2,(H,18,19). The average Bonchev–Trinajstić information content (AvgIpc) is 2.79. The monoisotopic (exact) mass is 281 g/mol. The summed E-state index contributed by atoms with van der Waals surface area (Å²) in [5, 5.41) is 12.0. The summed E-state index contributed by atoms with van der Waals surface area (Å²) in [5.74, 6) is 2.32. The number of ether oxygens (including phenoxy) is 2. The normalized spacial score (nSPS) is 13.1. The third-order valence-electron chi connectivity index (χ3n) is 3.21. The third kappa shape index (κ3) is 3.06. The Morgan fingerprint density at radius 1 is 1.19 bits per heavy atom. The van der Waals surface area contributed by atoms with E-state index in [-0.39, 0.29) is 0 Å². The summed E-state index contributed by atoms with van der Waals surface area (Å²) < 4.78 is 11.4. The Morgan fingerprint density at radius 2 is 2.10 bits per heavy atom. The zero-order chi connectivity index (χ0) is 14.5. The molecule has 2 heterocycles. The van der Waals surface area contributed by atoms with E-state index in [4.69, 9.17) is 14.7 Å². The first-order valence-corrected chi connectivity index (χ1v) is 6.84. The average molecular weight is 281 g/mol. The lowest BCUT2D eigenvalue weighted by Crippen LogP contribution is -2.04. The van der Waals surface area contributed by atoms with Gasteiger partial charge in [0.25, 0.3) is 0 Å². The summed E-state index contributed by atoms with van der Waals surface area (Å²) in [6.07, 6.45) is 2.44. The van der Waals surface area contributed by atoms with Gasteiger partial charge in [0.05, 0.1) is 18.8 Å². The van der Waals surface area contributed by atoms with Crippen molar-refractivity contribution in [2.45, 2.75) is 13.0 Å². The van der Waals surface area contributed by atoms with E-state index in [1.165, 1.54) is 0 Å². The number of benzene rings is 1. The molecule has 1 N–H and O–H groups in total. The molecule has 1 aromatic heterocycles. The molecule has 1 aliphatic rings. The van der Waals surface area contributed by atoms with Crippen molar-refractivity contribution in [2.75, 3.05) is 18.5 Å². The minimum Gasteiger partial charge on any atom is -0.490 e. The van der Waals surface area contributed by atoms with E-state index in [1.54, 1.807) is 18.3 Å². The first-order valence-electron chi connectivity index (χ1n) is 6.84. The summed E-state index contributed by atoms with van der Waals surface area (Å²) >= 11 is 0. The van der Waals surface area contributed by atoms with Gasteiger partial charge in [-0.25, -0.2) is 4.98 Å². The van der Waals surface area contributed by atoms with Crippen LogP contribution in [0.4, 0.5) is 5.82 Å². The number of para-hydroxylation sites is 1. The first-order chi connectivity index (χ1) is 10.4. The molecule has 0 bridgehead atoms. The Labute approximate surface area is 123 Å². The molecular weight excluding hydrogens is 266 g/mol. The van der Waals surface area contributed by atoms with Crippen LogP contribution in [0.5, 0.6) is 11.5 Å². The third-order valence-corrected chi connectivity index (χ3v) is 3.21. The molecule has 1 aliphatic heterocycles. The van der Waals surface area contributed by atoms with Crippen molar-refractivity contribution in [3.63, 3.8) is 0 Å². The molecular formula is C16H15N3O2. The minimum absolute atomic E-state index is 0.547. The van der Waals surface area contributed by atoms with Gasteiger partial charge in [0.15, 0.2) is 11.5 Å². The number of hydrogen-bond donors (Lipinski definition) is 1. The zero-order valence-electron chi connectivity index (χ0n) is 11.5. The minimum atomic E-state index is 0.547. The highest BCUT2D eigenvalue weighted by Gasteiger charge is 2.14. The summed E-state index contributed by atoms with van der Waals surface area (Å²) in [5.41, 5.74) is 1.58. The number of nitriles is 1. The van der Waals surface area contributed by atoms with Crippen LogP contribution in [0.15, 0.2) is 36.5 Å². The highest BCUT2D eigenvalue weighted by Crippen LogP contribution is 2.33. The van der Waals surface area contributed by atoms with Crippen LogP contribution in [0.1, 0.15) is 17.5 Å². The lowest BCUT2D eigenvalue weighted by molar-refractivity contribution is 0.296. The highest BCUT2D eigenvalue weighted by molar-refractivity contribution is 5.49. The molecule has 0 atom stereocenters. The van der Waals surface area contributed by atoms with E-state index < -0.39 is 0 Å². The van der Waals surface area contributed by atoms with Gasteiger partial charge in [0.2, 0.25) is 0 Å². The molecule has 0 saturated carbocycles. The molecule has 0 spiro atoms. The highest BCUT2D eigenvalue weighted by atomic mass is 16.5. The van der Waals surface area contributed by atoms with Gasteiger partial charge in [0, 0.05) is 24.7 Å². The van der Waals surface area contributed by atoms with E-state index in [0.29, 0.717) is 25.3 Å². The van der Waals surface area contributed by atoms with Crippen LogP contribution >= 0.6 is 0 Å². The maximum absolute atomic E-state index is 8.75. The Balaban J connectivity index is 1.74. The van der Waals surface area contributed by atoms with Gasteiger partial charge >= 0.3 is 0 Å². The Morgan fingerprint density at radius 3 is 2.90 bits per heavy atom. The van der Waals surface area contributed by atoms with Crippen LogP contribution < -0.4 is 14.8 Å². The van der Waals surface area contributed by atoms with Crippen molar-refractivity contribution in [1.29, 1.82) is 5.26 Å². The number of nitrogens with zero attached hydrogens (tertiary/aromatic N) is 2. The van der Waals surface area contributed by atoms with Crippen molar-refractivity contribution in [2.24, 2.45) is 0 Å². The predicted octanol–water partition coefficient (Wildman–Crippen LogP) is 2.73. The van der Waals surface area contributed by atoms with E-state index >= 15 is 0 Å². The molecule has 0 unspecified atom stereocenters. The number of aromatic nitrogens is 1. The summed E-state index contributed by atoms with van der Waals surface area (Å²) in [4.78, 5) is 4.19. The fourth-order valence-corrected chi connectivity index (χ4v) is 2.14. The largest absolute Gasteiger partial charge is 0.490 e. The molecule has 3 rings (SSSR count). The molecule has 5 heteroatoms. The van der Waals surface area contributed by atoms with E-state index in [2.05, 4.69) is 10.3 Å². The summed E-state index contributed by atoms with van der Waals surface area (Å²) in [7, 11) is 0. The topological polar surface area (TPSA) is 67.2 Å². The van der Waals surface area contributed by atoms with E-state index in [0.717, 1.165) is 29.3 Å².